The number of ether oxygens (including phenoxy) is 1. The third-order valence-electron chi connectivity index (χ3n) is 8.46. The number of hydrogen-bond acceptors (Lipinski definition) is 7. The molecule has 0 saturated carbocycles. The predicted molar refractivity (Wildman–Crippen MR) is 170 cm³/mol. The molecule has 6 rings (SSSR count). The summed E-state index contributed by atoms with van der Waals surface area (Å²) in [7, 11) is 0. The minimum atomic E-state index is -1.82. The van der Waals surface area contributed by atoms with E-state index in [0.717, 1.165) is 11.1 Å². The van der Waals surface area contributed by atoms with E-state index >= 15 is 0 Å². The van der Waals surface area contributed by atoms with Crippen molar-refractivity contribution in [3.8, 4) is 0 Å². The van der Waals surface area contributed by atoms with E-state index < -0.39 is 23.5 Å². The van der Waals surface area contributed by atoms with E-state index in [0.29, 0.717) is 53.8 Å². The number of aryl methyl sites for hydroxylation is 1. The number of aliphatic hydroxyl groups excluding tert-OH is 1. The minimum absolute atomic E-state index is 0.0756. The van der Waals surface area contributed by atoms with Gasteiger partial charge in [-0.05, 0) is 47.9 Å². The Labute approximate surface area is 266 Å². The van der Waals surface area contributed by atoms with Crippen molar-refractivity contribution in [2.75, 3.05) is 29.6 Å². The highest BCUT2D eigenvalue weighted by atomic mass is 35.5. The Morgan fingerprint density at radius 1 is 1.09 bits per heavy atom. The Hall–Kier alpha value is -4.51. The number of anilines is 2. The number of amides is 2. The molecule has 0 aliphatic carbocycles. The van der Waals surface area contributed by atoms with Crippen LogP contribution in [0.5, 0.6) is 0 Å². The Kier molecular flexibility index (Phi) is 8.71. The fourth-order valence-electron chi connectivity index (χ4n) is 5.99. The lowest BCUT2D eigenvalue weighted by Crippen LogP contribution is -2.44. The first-order valence-electron chi connectivity index (χ1n) is 14.9. The molecule has 11 heteroatoms. The van der Waals surface area contributed by atoms with Crippen LogP contribution in [-0.4, -0.2) is 57.0 Å². The van der Waals surface area contributed by atoms with Crippen LogP contribution in [-0.2, 0) is 28.2 Å². The highest BCUT2D eigenvalue weighted by molar-refractivity contribution is 6.31. The molecule has 1 unspecified atom stereocenters. The second kappa shape index (κ2) is 12.8. The number of benzene rings is 3. The van der Waals surface area contributed by atoms with E-state index in [4.69, 9.17) is 16.3 Å². The van der Waals surface area contributed by atoms with Crippen molar-refractivity contribution in [3.63, 3.8) is 0 Å². The number of carbonyl (C=O) groups is 2. The lowest BCUT2D eigenvalue weighted by atomic mass is 9.83. The first kappa shape index (κ1) is 30.5. The van der Waals surface area contributed by atoms with Crippen molar-refractivity contribution in [2.45, 2.75) is 38.0 Å². The number of rotatable bonds is 11. The number of nitrogens with zero attached hydrogens (tertiary/aromatic N) is 5. The van der Waals surface area contributed by atoms with E-state index in [1.807, 2.05) is 79.9 Å². The number of aromatic nitrogens is 3. The summed E-state index contributed by atoms with van der Waals surface area (Å²) >= 11 is 6.35. The summed E-state index contributed by atoms with van der Waals surface area (Å²) in [6, 6.07) is 22.2. The van der Waals surface area contributed by atoms with Crippen LogP contribution >= 0.6 is 11.6 Å². The summed E-state index contributed by atoms with van der Waals surface area (Å²) in [6.45, 7) is 3.26. The van der Waals surface area contributed by atoms with E-state index in [1.54, 1.807) is 32.7 Å². The molecular formula is C34H34ClN5O5. The smallest absolute Gasteiger partial charge is 0.414 e. The number of fused-ring (bicyclic) bond motifs is 1. The van der Waals surface area contributed by atoms with Gasteiger partial charge in [-0.2, -0.15) is 0 Å². The number of allylic oxidation sites excluding steroid dienone is 1. The van der Waals surface area contributed by atoms with Gasteiger partial charge in [-0.1, -0.05) is 78.4 Å². The average molecular weight is 628 g/mol. The molecule has 1 fully saturated rings. The summed E-state index contributed by atoms with van der Waals surface area (Å²) < 4.78 is 6.79. The van der Waals surface area contributed by atoms with Gasteiger partial charge in [0.2, 0.25) is 0 Å². The average Bonchev–Trinajstić information content (AvgIpc) is 3.75. The van der Waals surface area contributed by atoms with Gasteiger partial charge in [0.25, 0.3) is 5.91 Å². The Morgan fingerprint density at radius 2 is 1.91 bits per heavy atom. The molecule has 1 saturated heterocycles. The van der Waals surface area contributed by atoms with Crippen molar-refractivity contribution < 1.29 is 24.5 Å². The van der Waals surface area contributed by atoms with Crippen LogP contribution in [0.25, 0.3) is 0 Å². The lowest BCUT2D eigenvalue weighted by molar-refractivity contribution is -0.139. The van der Waals surface area contributed by atoms with Crippen molar-refractivity contribution in [1.82, 2.24) is 15.0 Å². The largest absolute Gasteiger partial charge is 0.447 e. The SMILES string of the molecule is C[C@H](/C=C/CCn1cc(C(CO)c2ccccc2)nn1)[C@@]1(O)C(=O)N(Cc2cccc(N3CCOC3=O)c2)c2ccc(Cl)cc21. The molecule has 3 aromatic carbocycles. The molecule has 2 N–H and O–H groups in total. The molecule has 2 aliphatic heterocycles. The molecule has 4 aromatic rings. The summed E-state index contributed by atoms with van der Waals surface area (Å²) in [5.74, 6) is -1.27. The van der Waals surface area contributed by atoms with Crippen LogP contribution in [0.4, 0.5) is 16.2 Å². The number of aliphatic hydroxyl groups is 2. The van der Waals surface area contributed by atoms with E-state index in [1.165, 1.54) is 0 Å². The van der Waals surface area contributed by atoms with Crippen LogP contribution < -0.4 is 9.80 Å². The number of halogens is 1. The monoisotopic (exact) mass is 627 g/mol. The third-order valence-corrected chi connectivity index (χ3v) is 8.70. The fourth-order valence-corrected chi connectivity index (χ4v) is 6.17. The van der Waals surface area contributed by atoms with Gasteiger partial charge in [0, 0.05) is 34.9 Å². The number of hydrogen-bond donors (Lipinski definition) is 2. The molecule has 45 heavy (non-hydrogen) atoms. The molecular weight excluding hydrogens is 594 g/mol. The zero-order valence-electron chi connectivity index (χ0n) is 24.8. The molecule has 3 atom stereocenters. The standard InChI is InChI=1S/C34H34ClN5O5/c1-23(8-5-6-15-38-21-30(36-37-38)28(22-41)25-10-3-2-4-11-25)34(44)29-19-26(35)13-14-31(29)40(32(34)42)20-24-9-7-12-27(18-24)39-16-17-45-33(39)43/h2-5,7-14,18-19,21,23,28,41,44H,6,15-17,20,22H2,1H3/b8-5+/t23-,28?,34+/m1/s1. The van der Waals surface area contributed by atoms with E-state index in [-0.39, 0.29) is 19.1 Å². The van der Waals surface area contributed by atoms with Crippen LogP contribution in [0.1, 0.15) is 41.6 Å². The van der Waals surface area contributed by atoms with Gasteiger partial charge >= 0.3 is 6.09 Å². The predicted octanol–water partition coefficient (Wildman–Crippen LogP) is 5.03. The normalized spacial score (nSPS) is 19.3. The lowest BCUT2D eigenvalue weighted by Gasteiger charge is -2.28. The van der Waals surface area contributed by atoms with Crippen molar-refractivity contribution in [3.05, 3.63) is 119 Å². The van der Waals surface area contributed by atoms with E-state index in [2.05, 4.69) is 10.3 Å². The van der Waals surface area contributed by atoms with Crippen LogP contribution in [0, 0.1) is 5.92 Å². The van der Waals surface area contributed by atoms with Crippen molar-refractivity contribution in [1.29, 1.82) is 0 Å². The molecule has 1 aromatic heterocycles. The number of cyclic esters (lactones) is 1. The summed E-state index contributed by atoms with van der Waals surface area (Å²) in [5, 5.41) is 30.9. The van der Waals surface area contributed by atoms with Gasteiger partial charge in [0.1, 0.15) is 6.61 Å². The maximum atomic E-state index is 14.0. The van der Waals surface area contributed by atoms with Gasteiger partial charge in [0.15, 0.2) is 5.60 Å². The molecule has 232 valence electrons. The Morgan fingerprint density at radius 3 is 2.67 bits per heavy atom. The maximum absolute atomic E-state index is 14.0. The maximum Gasteiger partial charge on any atom is 0.414 e. The molecule has 0 spiro atoms. The fraction of sp³-hybridized carbons (Fsp3) is 0.294. The van der Waals surface area contributed by atoms with Crippen LogP contribution in [0.15, 0.2) is 91.1 Å². The van der Waals surface area contributed by atoms with Gasteiger partial charge in [0.05, 0.1) is 37.0 Å². The van der Waals surface area contributed by atoms with Crippen molar-refractivity contribution >= 4 is 35.0 Å². The van der Waals surface area contributed by atoms with Gasteiger partial charge in [-0.3, -0.25) is 14.4 Å². The van der Waals surface area contributed by atoms with E-state index in [9.17, 15) is 19.8 Å². The molecule has 3 heterocycles. The quantitative estimate of drug-likeness (QED) is 0.224. The first-order valence-corrected chi connectivity index (χ1v) is 15.3. The second-order valence-corrected chi connectivity index (χ2v) is 11.7. The topological polar surface area (TPSA) is 121 Å². The second-order valence-electron chi connectivity index (χ2n) is 11.3. The Balaban J connectivity index is 1.16. The third kappa shape index (κ3) is 5.96. The van der Waals surface area contributed by atoms with Gasteiger partial charge in [-0.25, -0.2) is 4.79 Å². The molecule has 2 amide bonds. The number of carbonyl (C=O) groups excluding carboxylic acids is 2. The summed E-state index contributed by atoms with van der Waals surface area (Å²) in [5.41, 5.74) is 2.36. The zero-order chi connectivity index (χ0) is 31.6. The molecule has 10 nitrogen and oxygen atoms in total. The first-order chi connectivity index (χ1) is 21.8. The highest BCUT2D eigenvalue weighted by Crippen LogP contribution is 2.46. The summed E-state index contributed by atoms with van der Waals surface area (Å²) in [6.07, 6.45) is 5.78. The molecule has 2 aliphatic rings. The van der Waals surface area contributed by atoms with Crippen molar-refractivity contribution in [2.24, 2.45) is 5.92 Å². The Bertz CT molecular complexity index is 1730. The molecule has 0 radical (unpaired) electrons. The van der Waals surface area contributed by atoms with Gasteiger partial charge in [-0.15, -0.1) is 5.10 Å². The highest BCUT2D eigenvalue weighted by Gasteiger charge is 2.52. The van der Waals surface area contributed by atoms with Crippen LogP contribution in [0.3, 0.4) is 0 Å². The zero-order valence-corrected chi connectivity index (χ0v) is 25.5. The summed E-state index contributed by atoms with van der Waals surface area (Å²) in [4.78, 5) is 29.2. The van der Waals surface area contributed by atoms with Gasteiger partial charge < -0.3 is 19.8 Å². The minimum Gasteiger partial charge on any atom is -0.447 e. The molecule has 0 bridgehead atoms. The van der Waals surface area contributed by atoms with Crippen LogP contribution in [0.2, 0.25) is 5.02 Å².